The second-order valence-electron chi connectivity index (χ2n) is 5.58. The minimum atomic E-state index is -0.477. The quantitative estimate of drug-likeness (QED) is 0.476. The van der Waals surface area contributed by atoms with Crippen molar-refractivity contribution in [1.82, 2.24) is 0 Å². The number of hydrogen-bond acceptors (Lipinski definition) is 4. The molecule has 0 radical (unpaired) electrons. The van der Waals surface area contributed by atoms with Gasteiger partial charge >= 0.3 is 7.12 Å². The van der Waals surface area contributed by atoms with E-state index in [0.717, 1.165) is 5.46 Å². The fourth-order valence-electron chi connectivity index (χ4n) is 1.94. The normalized spacial score (nSPS) is 21.0. The summed E-state index contributed by atoms with van der Waals surface area (Å²) >= 11 is 0. The van der Waals surface area contributed by atoms with E-state index < -0.39 is 7.12 Å². The molecule has 98 valence electrons. The van der Waals surface area contributed by atoms with Crippen LogP contribution in [-0.2, 0) is 9.31 Å². The van der Waals surface area contributed by atoms with E-state index >= 15 is 0 Å². The maximum Gasteiger partial charge on any atom is 0.495 e. The van der Waals surface area contributed by atoms with E-state index in [9.17, 15) is 0 Å². The summed E-state index contributed by atoms with van der Waals surface area (Å²) in [5, 5.41) is 7.47. The standard InChI is InChI=1S/C13H19BN2O2.H2/c1-12(2)13(3,4)18-14(17-12)10-6-5-7-11(16)9(10)8-15;/h5-8,15H,16H2,1-4H3;1H. The molecule has 0 unspecified atom stereocenters. The molecule has 0 atom stereocenters. The van der Waals surface area contributed by atoms with Gasteiger partial charge in [-0.1, -0.05) is 12.1 Å². The highest BCUT2D eigenvalue weighted by atomic mass is 16.7. The molecule has 1 heterocycles. The molecule has 18 heavy (non-hydrogen) atoms. The molecule has 0 aliphatic carbocycles. The lowest BCUT2D eigenvalue weighted by atomic mass is 9.75. The Labute approximate surface area is 110 Å². The third-order valence-corrected chi connectivity index (χ3v) is 3.83. The lowest BCUT2D eigenvalue weighted by Crippen LogP contribution is -2.41. The number of nitrogens with two attached hydrogens (primary N) is 1. The van der Waals surface area contributed by atoms with Gasteiger partial charge in [0.2, 0.25) is 0 Å². The molecule has 4 nitrogen and oxygen atoms in total. The van der Waals surface area contributed by atoms with Crippen molar-refractivity contribution in [2.75, 3.05) is 5.73 Å². The van der Waals surface area contributed by atoms with Gasteiger partial charge in [-0.3, -0.25) is 0 Å². The van der Waals surface area contributed by atoms with E-state index in [4.69, 9.17) is 20.5 Å². The first-order valence-corrected chi connectivity index (χ1v) is 6.03. The van der Waals surface area contributed by atoms with Crippen LogP contribution in [0.2, 0.25) is 0 Å². The molecule has 0 saturated carbocycles. The Hall–Kier alpha value is -1.33. The van der Waals surface area contributed by atoms with E-state index in [1.165, 1.54) is 6.21 Å². The topological polar surface area (TPSA) is 68.3 Å². The average Bonchev–Trinajstić information content (AvgIpc) is 2.47. The fraction of sp³-hybridized carbons (Fsp3) is 0.462. The molecule has 1 aromatic rings. The van der Waals surface area contributed by atoms with Crippen LogP contribution in [0.3, 0.4) is 0 Å². The van der Waals surface area contributed by atoms with Gasteiger partial charge in [-0.2, -0.15) is 0 Å². The first-order valence-electron chi connectivity index (χ1n) is 6.03. The van der Waals surface area contributed by atoms with Crippen molar-refractivity contribution in [2.24, 2.45) is 0 Å². The lowest BCUT2D eigenvalue weighted by Gasteiger charge is -2.32. The van der Waals surface area contributed by atoms with E-state index in [2.05, 4.69) is 0 Å². The van der Waals surface area contributed by atoms with Gasteiger partial charge in [0.15, 0.2) is 0 Å². The van der Waals surface area contributed by atoms with Gasteiger partial charge in [0.1, 0.15) is 0 Å². The second-order valence-corrected chi connectivity index (χ2v) is 5.58. The van der Waals surface area contributed by atoms with Crippen LogP contribution in [0.25, 0.3) is 0 Å². The Morgan fingerprint density at radius 3 is 2.28 bits per heavy atom. The summed E-state index contributed by atoms with van der Waals surface area (Å²) in [6, 6.07) is 5.51. The van der Waals surface area contributed by atoms with Crippen LogP contribution in [0.4, 0.5) is 5.69 Å². The van der Waals surface area contributed by atoms with Crippen LogP contribution in [-0.4, -0.2) is 24.5 Å². The molecule has 5 heteroatoms. The van der Waals surface area contributed by atoms with Gasteiger partial charge in [-0.05, 0) is 39.2 Å². The van der Waals surface area contributed by atoms with Gasteiger partial charge in [0, 0.05) is 18.9 Å². The Kier molecular flexibility index (Phi) is 2.99. The maximum atomic E-state index is 7.47. The number of nitrogens with one attached hydrogen (secondary N) is 1. The van der Waals surface area contributed by atoms with E-state index in [1.807, 2.05) is 39.8 Å². The summed E-state index contributed by atoms with van der Waals surface area (Å²) in [6.07, 6.45) is 1.25. The predicted molar refractivity (Wildman–Crippen MR) is 76.6 cm³/mol. The van der Waals surface area contributed by atoms with Gasteiger partial charge in [-0.25, -0.2) is 0 Å². The van der Waals surface area contributed by atoms with Gasteiger partial charge < -0.3 is 20.5 Å². The summed E-state index contributed by atoms with van der Waals surface area (Å²) in [5.41, 5.74) is 7.14. The molecule has 3 N–H and O–H groups in total. The second kappa shape index (κ2) is 4.11. The first kappa shape index (κ1) is 13.1. The van der Waals surface area contributed by atoms with Crippen molar-refractivity contribution in [1.29, 1.82) is 5.41 Å². The fourth-order valence-corrected chi connectivity index (χ4v) is 1.94. The van der Waals surface area contributed by atoms with Crippen molar-refractivity contribution in [3.05, 3.63) is 23.8 Å². The Morgan fingerprint density at radius 1 is 1.22 bits per heavy atom. The molecular formula is C13H21BN2O2. The summed E-state index contributed by atoms with van der Waals surface area (Å²) in [5.74, 6) is 0. The summed E-state index contributed by atoms with van der Waals surface area (Å²) in [4.78, 5) is 0. The van der Waals surface area contributed by atoms with Gasteiger partial charge in [0.25, 0.3) is 0 Å². The monoisotopic (exact) mass is 248 g/mol. The van der Waals surface area contributed by atoms with Crippen molar-refractivity contribution < 1.29 is 10.7 Å². The van der Waals surface area contributed by atoms with Crippen LogP contribution < -0.4 is 11.2 Å². The molecule has 1 aliphatic rings. The van der Waals surface area contributed by atoms with E-state index in [0.29, 0.717) is 11.3 Å². The van der Waals surface area contributed by atoms with Crippen LogP contribution in [0, 0.1) is 5.41 Å². The lowest BCUT2D eigenvalue weighted by molar-refractivity contribution is 0.00578. The highest BCUT2D eigenvalue weighted by Gasteiger charge is 2.52. The Balaban J connectivity index is 0.00000180. The number of anilines is 1. The molecule has 0 aromatic heterocycles. The number of benzene rings is 1. The number of nitrogen functional groups attached to an aromatic ring is 1. The zero-order valence-corrected chi connectivity index (χ0v) is 11.3. The van der Waals surface area contributed by atoms with Crippen molar-refractivity contribution in [2.45, 2.75) is 38.9 Å². The van der Waals surface area contributed by atoms with Crippen LogP contribution in [0.1, 0.15) is 34.7 Å². The summed E-state index contributed by atoms with van der Waals surface area (Å²) in [7, 11) is -0.477. The van der Waals surface area contributed by atoms with Crippen LogP contribution in [0.5, 0.6) is 0 Å². The molecule has 1 fully saturated rings. The molecule has 0 amide bonds. The zero-order valence-electron chi connectivity index (χ0n) is 11.3. The molecule has 0 bridgehead atoms. The van der Waals surface area contributed by atoms with Gasteiger partial charge in [0.05, 0.1) is 11.2 Å². The smallest absolute Gasteiger partial charge is 0.399 e. The van der Waals surface area contributed by atoms with Crippen LogP contribution in [0.15, 0.2) is 18.2 Å². The molecular weight excluding hydrogens is 227 g/mol. The Morgan fingerprint density at radius 2 is 1.78 bits per heavy atom. The first-order chi connectivity index (χ1) is 8.28. The highest BCUT2D eigenvalue weighted by molar-refractivity contribution is 6.63. The average molecular weight is 248 g/mol. The molecule has 2 rings (SSSR count). The summed E-state index contributed by atoms with van der Waals surface area (Å²) in [6.45, 7) is 8.01. The largest absolute Gasteiger partial charge is 0.495 e. The molecule has 1 aliphatic heterocycles. The third kappa shape index (κ3) is 1.93. The molecule has 1 aromatic carbocycles. The highest BCUT2D eigenvalue weighted by Crippen LogP contribution is 2.36. The zero-order chi connectivity index (χ0) is 13.6. The minimum absolute atomic E-state index is 0. The van der Waals surface area contributed by atoms with E-state index in [1.54, 1.807) is 6.07 Å². The molecule has 1 saturated heterocycles. The van der Waals surface area contributed by atoms with Crippen molar-refractivity contribution in [3.8, 4) is 0 Å². The van der Waals surface area contributed by atoms with Crippen molar-refractivity contribution >= 4 is 24.5 Å². The maximum absolute atomic E-state index is 7.47. The summed E-state index contributed by atoms with van der Waals surface area (Å²) < 4.78 is 11.9. The third-order valence-electron chi connectivity index (χ3n) is 3.83. The number of rotatable bonds is 2. The Bertz CT molecular complexity index is 476. The van der Waals surface area contributed by atoms with Crippen molar-refractivity contribution in [3.63, 3.8) is 0 Å². The minimum Gasteiger partial charge on any atom is -0.399 e. The van der Waals surface area contributed by atoms with Crippen LogP contribution >= 0.6 is 0 Å². The van der Waals surface area contributed by atoms with E-state index in [-0.39, 0.29) is 12.6 Å². The number of hydrogen-bond donors (Lipinski definition) is 2. The molecule has 0 spiro atoms. The SMILES string of the molecule is CC1(C)OB(c2cccc(N)c2C=N)OC1(C)C.[HH]. The van der Waals surface area contributed by atoms with Gasteiger partial charge in [-0.15, -0.1) is 0 Å². The predicted octanol–water partition coefficient (Wildman–Crippen LogP) is 1.81.